The van der Waals surface area contributed by atoms with Crippen LogP contribution in [-0.4, -0.2) is 46.6 Å². The van der Waals surface area contributed by atoms with Crippen molar-refractivity contribution >= 4 is 23.9 Å². The average molecular weight is 398 g/mol. The third kappa shape index (κ3) is 4.33. The van der Waals surface area contributed by atoms with Crippen molar-refractivity contribution in [3.05, 3.63) is 41.5 Å². The van der Waals surface area contributed by atoms with E-state index in [-0.39, 0.29) is 11.9 Å². The number of likely N-dealkylation sites (tertiary alicyclic amines) is 1. The summed E-state index contributed by atoms with van der Waals surface area (Å²) in [4.78, 5) is 37.3. The van der Waals surface area contributed by atoms with Crippen LogP contribution in [0.1, 0.15) is 49.3 Å². The molecule has 4 N–H and O–H groups in total. The zero-order valence-corrected chi connectivity index (χ0v) is 16.2. The Morgan fingerprint density at radius 2 is 1.93 bits per heavy atom. The maximum atomic E-state index is 12.2. The first-order valence-corrected chi connectivity index (χ1v) is 10.1. The van der Waals surface area contributed by atoms with E-state index in [0.29, 0.717) is 12.8 Å². The summed E-state index contributed by atoms with van der Waals surface area (Å²) in [6, 6.07) is 7.98. The van der Waals surface area contributed by atoms with E-state index < -0.39 is 17.5 Å². The molecule has 2 heterocycles. The van der Waals surface area contributed by atoms with Crippen LogP contribution in [0.25, 0.3) is 6.08 Å². The molecule has 0 radical (unpaired) electrons. The first-order chi connectivity index (χ1) is 14.0. The number of hydrogen-bond acceptors (Lipinski definition) is 5. The van der Waals surface area contributed by atoms with E-state index in [9.17, 15) is 14.4 Å². The summed E-state index contributed by atoms with van der Waals surface area (Å²) in [7, 11) is 0. The van der Waals surface area contributed by atoms with Gasteiger partial charge in [0.15, 0.2) is 0 Å². The van der Waals surface area contributed by atoms with Crippen molar-refractivity contribution in [3.63, 3.8) is 0 Å². The van der Waals surface area contributed by atoms with Gasteiger partial charge in [0, 0.05) is 25.2 Å². The fourth-order valence-corrected chi connectivity index (χ4v) is 4.30. The van der Waals surface area contributed by atoms with Crippen LogP contribution in [-0.2, 0) is 9.59 Å². The van der Waals surface area contributed by atoms with E-state index in [2.05, 4.69) is 27.7 Å². The van der Waals surface area contributed by atoms with Crippen LogP contribution in [0.15, 0.2) is 30.3 Å². The van der Waals surface area contributed by atoms with Crippen LogP contribution in [0.4, 0.5) is 4.79 Å². The third-order valence-corrected chi connectivity index (χ3v) is 6.22. The highest BCUT2D eigenvalue weighted by Gasteiger charge is 2.48. The molecule has 1 aromatic rings. The van der Waals surface area contributed by atoms with Gasteiger partial charge in [-0.2, -0.15) is 0 Å². The number of carbonyl (C=O) groups is 3. The minimum absolute atomic E-state index is 0.205. The van der Waals surface area contributed by atoms with Crippen LogP contribution in [0.3, 0.4) is 0 Å². The maximum absolute atomic E-state index is 12.2. The average Bonchev–Trinajstić information content (AvgIpc) is 3.51. The van der Waals surface area contributed by atoms with Gasteiger partial charge in [0.1, 0.15) is 5.54 Å². The number of imide groups is 1. The molecule has 8 nitrogen and oxygen atoms in total. The summed E-state index contributed by atoms with van der Waals surface area (Å²) >= 11 is 0. The molecule has 4 rings (SSSR count). The van der Waals surface area contributed by atoms with Gasteiger partial charge in [0.2, 0.25) is 0 Å². The number of carbonyl (C=O) groups excluding carboxylic acids is 3. The lowest BCUT2D eigenvalue weighted by molar-refractivity contribution is -0.126. The minimum Gasteiger partial charge on any atom is -0.323 e. The van der Waals surface area contributed by atoms with Crippen LogP contribution in [0, 0.1) is 5.92 Å². The molecule has 1 saturated carbocycles. The summed E-state index contributed by atoms with van der Waals surface area (Å²) in [6.45, 7) is 1.51. The van der Waals surface area contributed by atoms with Crippen molar-refractivity contribution in [1.29, 1.82) is 0 Å². The van der Waals surface area contributed by atoms with E-state index in [0.717, 1.165) is 31.0 Å². The van der Waals surface area contributed by atoms with Crippen LogP contribution >= 0.6 is 0 Å². The smallest absolute Gasteiger partial charge is 0.322 e. The lowest BCUT2D eigenvalue weighted by atomic mass is 9.86. The second kappa shape index (κ2) is 7.96. The molecule has 29 heavy (non-hydrogen) atoms. The Bertz CT molecular complexity index is 824. The number of benzene rings is 1. The van der Waals surface area contributed by atoms with E-state index in [4.69, 9.17) is 5.21 Å². The number of nitrogens with zero attached hydrogens (tertiary/aromatic N) is 1. The first-order valence-electron chi connectivity index (χ1n) is 10.1. The highest BCUT2D eigenvalue weighted by molar-refractivity contribution is 6.07. The largest absolute Gasteiger partial charge is 0.323 e. The Balaban J connectivity index is 1.46. The number of amides is 4. The molecule has 154 valence electrons. The molecule has 1 unspecified atom stereocenters. The second-order valence-corrected chi connectivity index (χ2v) is 8.20. The van der Waals surface area contributed by atoms with Gasteiger partial charge in [-0.15, -0.1) is 0 Å². The van der Waals surface area contributed by atoms with Crippen molar-refractivity contribution in [3.8, 4) is 0 Å². The zero-order chi connectivity index (χ0) is 20.4. The van der Waals surface area contributed by atoms with Crippen LogP contribution in [0.5, 0.6) is 0 Å². The van der Waals surface area contributed by atoms with Gasteiger partial charge in [0.05, 0.1) is 0 Å². The van der Waals surface area contributed by atoms with Crippen molar-refractivity contribution < 1.29 is 19.6 Å². The van der Waals surface area contributed by atoms with Crippen molar-refractivity contribution in [2.75, 3.05) is 13.1 Å². The summed E-state index contributed by atoms with van der Waals surface area (Å²) in [5.41, 5.74) is 2.92. The van der Waals surface area contributed by atoms with Gasteiger partial charge < -0.3 is 5.32 Å². The van der Waals surface area contributed by atoms with E-state index in [1.54, 1.807) is 11.6 Å². The van der Waals surface area contributed by atoms with Gasteiger partial charge >= 0.3 is 6.03 Å². The molecular weight excluding hydrogens is 372 g/mol. The highest BCUT2D eigenvalue weighted by Crippen LogP contribution is 2.41. The normalized spacial score (nSPS) is 22.5. The van der Waals surface area contributed by atoms with Gasteiger partial charge in [-0.25, -0.2) is 10.3 Å². The molecule has 2 aliphatic heterocycles. The minimum atomic E-state index is -0.750. The van der Waals surface area contributed by atoms with Gasteiger partial charge in [-0.3, -0.25) is 25.0 Å². The molecule has 3 aliphatic rings. The number of piperidine rings is 1. The predicted octanol–water partition coefficient (Wildman–Crippen LogP) is 1.72. The zero-order valence-electron chi connectivity index (χ0n) is 16.2. The number of nitrogens with one attached hydrogen (secondary N) is 3. The standard InChI is InChI=1S/C21H26N4O4/c26-18(24-29)8-5-14-3-6-16(7-4-14)17(13-15-1-2-15)25-11-9-21(10-12-25)19(27)22-20(28)23-21/h3-8,15,17,29H,1-2,9-13H2,(H,24,26)(H2,22,23,27,28)/b8-5+. The number of hydroxylamine groups is 1. The molecule has 1 spiro atoms. The predicted molar refractivity (Wildman–Crippen MR) is 106 cm³/mol. The Labute approximate surface area is 169 Å². The highest BCUT2D eigenvalue weighted by atomic mass is 16.5. The summed E-state index contributed by atoms with van der Waals surface area (Å²) in [5, 5.41) is 13.8. The number of rotatable bonds is 6. The van der Waals surface area contributed by atoms with Gasteiger partial charge in [0.25, 0.3) is 11.8 Å². The number of hydrogen-bond donors (Lipinski definition) is 4. The molecule has 0 aromatic heterocycles. The van der Waals surface area contributed by atoms with E-state index >= 15 is 0 Å². The summed E-state index contributed by atoms with van der Waals surface area (Å²) < 4.78 is 0. The Morgan fingerprint density at radius 1 is 1.24 bits per heavy atom. The van der Waals surface area contributed by atoms with Gasteiger partial charge in [-0.05, 0) is 42.4 Å². The molecule has 8 heteroatoms. The molecule has 1 aromatic carbocycles. The fraction of sp³-hybridized carbons (Fsp3) is 0.476. The second-order valence-electron chi connectivity index (χ2n) is 8.20. The fourth-order valence-electron chi connectivity index (χ4n) is 4.30. The van der Waals surface area contributed by atoms with Crippen molar-refractivity contribution in [2.45, 2.75) is 43.7 Å². The molecule has 4 amide bonds. The Hall–Kier alpha value is -2.71. The molecule has 1 atom stereocenters. The summed E-state index contributed by atoms with van der Waals surface area (Å²) in [5.74, 6) is -0.0203. The van der Waals surface area contributed by atoms with Gasteiger partial charge in [-0.1, -0.05) is 37.1 Å². The number of urea groups is 1. The van der Waals surface area contributed by atoms with Crippen LogP contribution in [0.2, 0.25) is 0 Å². The molecule has 2 saturated heterocycles. The topological polar surface area (TPSA) is 111 Å². The quantitative estimate of drug-likeness (QED) is 0.252. The Kier molecular flexibility index (Phi) is 5.38. The lowest BCUT2D eigenvalue weighted by Gasteiger charge is -2.41. The first kappa shape index (κ1) is 19.6. The molecule has 0 bridgehead atoms. The molecule has 1 aliphatic carbocycles. The summed E-state index contributed by atoms with van der Waals surface area (Å²) in [6.07, 6.45) is 7.78. The molecule has 3 fully saturated rings. The monoisotopic (exact) mass is 398 g/mol. The lowest BCUT2D eigenvalue weighted by Crippen LogP contribution is -2.55. The Morgan fingerprint density at radius 3 is 2.48 bits per heavy atom. The molecular formula is C21H26N4O4. The SMILES string of the molecule is O=C(/C=C/c1ccc(C(CC2CC2)N2CCC3(CC2)NC(=O)NC3=O)cc1)NO. The van der Waals surface area contributed by atoms with Crippen LogP contribution < -0.4 is 16.1 Å². The van der Waals surface area contributed by atoms with Crippen molar-refractivity contribution in [2.24, 2.45) is 5.92 Å². The third-order valence-electron chi connectivity index (χ3n) is 6.22. The maximum Gasteiger partial charge on any atom is 0.322 e. The van der Waals surface area contributed by atoms with Crippen molar-refractivity contribution in [1.82, 2.24) is 21.0 Å². The van der Waals surface area contributed by atoms with E-state index in [1.165, 1.54) is 24.5 Å². The van der Waals surface area contributed by atoms with E-state index in [1.807, 2.05) is 12.1 Å².